The highest BCUT2D eigenvalue weighted by Crippen LogP contribution is 2.26. The third-order valence-electron chi connectivity index (χ3n) is 2.69. The van der Waals surface area contributed by atoms with Crippen LogP contribution in [0.25, 0.3) is 0 Å². The first-order valence-electron chi connectivity index (χ1n) is 6.61. The summed E-state index contributed by atoms with van der Waals surface area (Å²) in [5, 5.41) is 3.46. The van der Waals surface area contributed by atoms with Gasteiger partial charge in [0.25, 0.3) is 0 Å². The first-order valence-corrected chi connectivity index (χ1v) is 7.43. The molecule has 2 aromatic rings. The molecule has 0 radical (unpaired) electrons. The van der Waals surface area contributed by atoms with Crippen molar-refractivity contribution in [1.82, 2.24) is 10.3 Å². The highest BCUT2D eigenvalue weighted by atomic mass is 32.2. The topological polar surface area (TPSA) is 24.9 Å². The number of pyridine rings is 1. The molecule has 0 saturated carbocycles. The van der Waals surface area contributed by atoms with Gasteiger partial charge in [-0.3, -0.25) is 4.98 Å². The van der Waals surface area contributed by atoms with Crippen molar-refractivity contribution in [2.45, 2.75) is 30.2 Å². The molecule has 0 spiro atoms. The lowest BCUT2D eigenvalue weighted by Gasteiger charge is -2.08. The summed E-state index contributed by atoms with van der Waals surface area (Å²) in [6, 6.07) is 12.8. The van der Waals surface area contributed by atoms with Crippen LogP contribution in [0.3, 0.4) is 0 Å². The fourth-order valence-electron chi connectivity index (χ4n) is 1.72. The molecule has 0 amide bonds. The molecule has 2 nitrogen and oxygen atoms in total. The zero-order valence-electron chi connectivity index (χ0n) is 11.5. The average molecular weight is 272 g/mol. The molecule has 100 valence electrons. The second-order valence-corrected chi connectivity index (χ2v) is 6.10. The van der Waals surface area contributed by atoms with E-state index in [1.165, 1.54) is 15.4 Å². The number of nitrogens with zero attached hydrogens (tertiary/aromatic N) is 1. The maximum absolute atomic E-state index is 4.03. The van der Waals surface area contributed by atoms with Gasteiger partial charge in [-0.25, -0.2) is 0 Å². The molecule has 0 fully saturated rings. The normalized spacial score (nSPS) is 10.9. The van der Waals surface area contributed by atoms with Gasteiger partial charge in [0.2, 0.25) is 0 Å². The highest BCUT2D eigenvalue weighted by molar-refractivity contribution is 7.99. The monoisotopic (exact) mass is 272 g/mol. The van der Waals surface area contributed by atoms with Crippen LogP contribution in [0.5, 0.6) is 0 Å². The van der Waals surface area contributed by atoms with Crippen LogP contribution in [-0.2, 0) is 6.54 Å². The van der Waals surface area contributed by atoms with Crippen molar-refractivity contribution in [3.05, 3.63) is 54.4 Å². The Hall–Kier alpha value is -1.32. The Bertz CT molecular complexity index is 480. The lowest BCUT2D eigenvalue weighted by Crippen LogP contribution is -2.18. The van der Waals surface area contributed by atoms with E-state index in [9.17, 15) is 0 Å². The largest absolute Gasteiger partial charge is 0.312 e. The van der Waals surface area contributed by atoms with Gasteiger partial charge in [-0.15, -0.1) is 0 Å². The maximum Gasteiger partial charge on any atom is 0.0279 e. The van der Waals surface area contributed by atoms with Crippen LogP contribution < -0.4 is 5.32 Å². The van der Waals surface area contributed by atoms with Gasteiger partial charge >= 0.3 is 0 Å². The van der Waals surface area contributed by atoms with E-state index in [-0.39, 0.29) is 0 Å². The van der Waals surface area contributed by atoms with Crippen LogP contribution in [0, 0.1) is 5.92 Å². The lowest BCUT2D eigenvalue weighted by molar-refractivity contribution is 0.552. The van der Waals surface area contributed by atoms with Gasteiger partial charge < -0.3 is 5.32 Å². The van der Waals surface area contributed by atoms with Crippen molar-refractivity contribution in [2.24, 2.45) is 5.92 Å². The molecule has 2 rings (SSSR count). The van der Waals surface area contributed by atoms with E-state index >= 15 is 0 Å². The second-order valence-electron chi connectivity index (χ2n) is 4.95. The van der Waals surface area contributed by atoms with Crippen LogP contribution in [0.2, 0.25) is 0 Å². The summed E-state index contributed by atoms with van der Waals surface area (Å²) >= 11 is 1.76. The van der Waals surface area contributed by atoms with Crippen molar-refractivity contribution in [1.29, 1.82) is 0 Å². The predicted molar refractivity (Wildman–Crippen MR) is 81.3 cm³/mol. The van der Waals surface area contributed by atoms with Gasteiger partial charge in [0.15, 0.2) is 0 Å². The van der Waals surface area contributed by atoms with Gasteiger partial charge in [-0.1, -0.05) is 37.7 Å². The van der Waals surface area contributed by atoms with Crippen molar-refractivity contribution in [2.75, 3.05) is 6.54 Å². The van der Waals surface area contributed by atoms with Crippen molar-refractivity contribution in [3.8, 4) is 0 Å². The van der Waals surface area contributed by atoms with Crippen LogP contribution >= 0.6 is 11.8 Å². The first kappa shape index (κ1) is 14.1. The second kappa shape index (κ2) is 7.31. The van der Waals surface area contributed by atoms with E-state index in [4.69, 9.17) is 0 Å². The Morgan fingerprint density at radius 1 is 1.00 bits per heavy atom. The summed E-state index contributed by atoms with van der Waals surface area (Å²) in [6.07, 6.45) is 3.65. The number of rotatable bonds is 6. The molecule has 0 atom stereocenters. The summed E-state index contributed by atoms with van der Waals surface area (Å²) in [5.74, 6) is 0.696. The Balaban J connectivity index is 1.88. The first-order chi connectivity index (χ1) is 9.24. The molecule has 1 aromatic carbocycles. The molecule has 3 heteroatoms. The summed E-state index contributed by atoms with van der Waals surface area (Å²) in [7, 11) is 0. The molecule has 0 bridgehead atoms. The molecule has 0 aliphatic rings. The fraction of sp³-hybridized carbons (Fsp3) is 0.312. The molecule has 1 aromatic heterocycles. The maximum atomic E-state index is 4.03. The average Bonchev–Trinajstić information content (AvgIpc) is 2.42. The minimum atomic E-state index is 0.696. The van der Waals surface area contributed by atoms with Gasteiger partial charge in [0.1, 0.15) is 0 Å². The Labute approximate surface area is 119 Å². The zero-order chi connectivity index (χ0) is 13.5. The summed E-state index contributed by atoms with van der Waals surface area (Å²) in [4.78, 5) is 6.51. The number of hydrogen-bond donors (Lipinski definition) is 1. The van der Waals surface area contributed by atoms with E-state index in [1.54, 1.807) is 11.8 Å². The smallest absolute Gasteiger partial charge is 0.0279 e. The van der Waals surface area contributed by atoms with E-state index < -0.39 is 0 Å². The zero-order valence-corrected chi connectivity index (χ0v) is 12.3. The molecule has 0 unspecified atom stereocenters. The lowest BCUT2D eigenvalue weighted by atomic mass is 10.2. The van der Waals surface area contributed by atoms with E-state index in [0.29, 0.717) is 5.92 Å². The quantitative estimate of drug-likeness (QED) is 0.861. The van der Waals surface area contributed by atoms with Crippen LogP contribution in [0.15, 0.2) is 58.6 Å². The number of aromatic nitrogens is 1. The minimum Gasteiger partial charge on any atom is -0.312 e. The van der Waals surface area contributed by atoms with Crippen LogP contribution in [0.1, 0.15) is 19.4 Å². The van der Waals surface area contributed by atoms with E-state index in [0.717, 1.165) is 13.1 Å². The van der Waals surface area contributed by atoms with Gasteiger partial charge in [-0.05, 0) is 42.3 Å². The summed E-state index contributed by atoms with van der Waals surface area (Å²) in [6.45, 7) is 6.45. The SMILES string of the molecule is CC(C)CNCc1ccc(Sc2ccncc2)cc1. The van der Waals surface area contributed by atoms with E-state index in [2.05, 4.69) is 48.4 Å². The van der Waals surface area contributed by atoms with Gasteiger partial charge in [0.05, 0.1) is 0 Å². The molecule has 19 heavy (non-hydrogen) atoms. The van der Waals surface area contributed by atoms with Crippen LogP contribution in [0.4, 0.5) is 0 Å². The highest BCUT2D eigenvalue weighted by Gasteiger charge is 1.98. The summed E-state index contributed by atoms with van der Waals surface area (Å²) in [5.41, 5.74) is 1.33. The fourth-order valence-corrected chi connectivity index (χ4v) is 2.53. The number of hydrogen-bond acceptors (Lipinski definition) is 3. The predicted octanol–water partition coefficient (Wildman–Crippen LogP) is 3.98. The van der Waals surface area contributed by atoms with Crippen LogP contribution in [-0.4, -0.2) is 11.5 Å². The molecule has 0 aliphatic heterocycles. The molecular formula is C16H20N2S. The molecule has 1 N–H and O–H groups in total. The minimum absolute atomic E-state index is 0.696. The standard InChI is InChI=1S/C16H20N2S/c1-13(2)11-18-12-14-3-5-15(6-4-14)19-16-7-9-17-10-8-16/h3-10,13,18H,11-12H2,1-2H3. The Kier molecular flexibility index (Phi) is 5.43. The molecule has 0 aliphatic carbocycles. The Morgan fingerprint density at radius 3 is 2.26 bits per heavy atom. The third kappa shape index (κ3) is 5.05. The van der Waals surface area contributed by atoms with Crippen molar-refractivity contribution < 1.29 is 0 Å². The van der Waals surface area contributed by atoms with Crippen molar-refractivity contribution in [3.63, 3.8) is 0 Å². The summed E-state index contributed by atoms with van der Waals surface area (Å²) < 4.78 is 0. The molecule has 0 saturated heterocycles. The molecule has 1 heterocycles. The van der Waals surface area contributed by atoms with Gasteiger partial charge in [0, 0.05) is 28.7 Å². The Morgan fingerprint density at radius 2 is 1.63 bits per heavy atom. The van der Waals surface area contributed by atoms with Gasteiger partial charge in [-0.2, -0.15) is 0 Å². The third-order valence-corrected chi connectivity index (χ3v) is 3.71. The molecular weight excluding hydrogens is 252 g/mol. The van der Waals surface area contributed by atoms with E-state index in [1.807, 2.05) is 24.5 Å². The number of nitrogens with one attached hydrogen (secondary N) is 1. The number of benzene rings is 1. The van der Waals surface area contributed by atoms with Crippen molar-refractivity contribution >= 4 is 11.8 Å².